The quantitative estimate of drug-likeness (QED) is 0.0308. The summed E-state index contributed by atoms with van der Waals surface area (Å²) in [7, 11) is 0. The molecule has 0 bridgehead atoms. The van der Waals surface area contributed by atoms with Gasteiger partial charge >= 0.3 is 484 Å². The van der Waals surface area contributed by atoms with Crippen molar-refractivity contribution in [2.45, 2.75) is 87.9 Å². The molecule has 0 fully saturated rings. The van der Waals surface area contributed by atoms with Crippen LogP contribution in [-0.4, -0.2) is 22.1 Å². The summed E-state index contributed by atoms with van der Waals surface area (Å²) in [6.07, 6.45) is 6.16. The van der Waals surface area contributed by atoms with Gasteiger partial charge in [-0.05, 0) is 92.1 Å². The molecule has 0 heterocycles. The molecule has 0 aliphatic heterocycles. The van der Waals surface area contributed by atoms with Crippen LogP contribution in [0.2, 0.25) is 0 Å². The predicted molar refractivity (Wildman–Crippen MR) is 536 cm³/mol. The maximum absolute atomic E-state index is 6.66. The van der Waals surface area contributed by atoms with Crippen molar-refractivity contribution in [2.24, 2.45) is 0 Å². The van der Waals surface area contributed by atoms with Crippen LogP contribution in [0.5, 0.6) is 23.0 Å². The third-order valence-corrected chi connectivity index (χ3v) is 33.7. The summed E-state index contributed by atoms with van der Waals surface area (Å²) in [4.78, 5) is 0. The van der Waals surface area contributed by atoms with Gasteiger partial charge in [0.1, 0.15) is 11.5 Å². The number of ether oxygens (including phenoxy) is 2. The second-order valence-electron chi connectivity index (χ2n) is 33.2. The van der Waals surface area contributed by atoms with Gasteiger partial charge in [-0.25, -0.2) is 0 Å². The van der Waals surface area contributed by atoms with Crippen LogP contribution in [0, 0.1) is 0 Å². The van der Waals surface area contributed by atoms with Gasteiger partial charge in [0.25, 0.3) is 0 Å². The van der Waals surface area contributed by atoms with Gasteiger partial charge in [-0.3, -0.25) is 0 Å². The minimum atomic E-state index is -0.456. The van der Waals surface area contributed by atoms with Crippen molar-refractivity contribution >= 4 is 142 Å². The van der Waals surface area contributed by atoms with Crippen molar-refractivity contribution in [2.75, 3.05) is 22.1 Å². The van der Waals surface area contributed by atoms with E-state index in [1.165, 1.54) is 236 Å². The normalized spacial score (nSPS) is 12.7. The van der Waals surface area contributed by atoms with E-state index >= 15 is 0 Å². The first-order chi connectivity index (χ1) is 61.2. The first kappa shape index (κ1) is 79.3. The molecule has 0 amide bonds. The molecule has 20 aromatic rings. The molecule has 20 aromatic carbocycles. The van der Waals surface area contributed by atoms with E-state index in [2.05, 4.69) is 390 Å². The van der Waals surface area contributed by atoms with Crippen LogP contribution in [0.3, 0.4) is 0 Å². The fourth-order valence-electron chi connectivity index (χ4n) is 21.0. The molecule has 8 heteroatoms. The third kappa shape index (κ3) is 12.7. The van der Waals surface area contributed by atoms with Crippen molar-refractivity contribution in [3.05, 3.63) is 314 Å². The number of alkyl halides is 4. The van der Waals surface area contributed by atoms with E-state index in [9.17, 15) is 0 Å². The van der Waals surface area contributed by atoms with Crippen molar-refractivity contribution in [3.8, 4) is 157 Å². The average molecular weight is 2060 g/mol. The molecule has 0 spiro atoms. The second kappa shape index (κ2) is 33.1. The Hall–Kier alpha value is -10.6. The summed E-state index contributed by atoms with van der Waals surface area (Å²) >= 11 is 4.71. The number of hydrogen-bond donors (Lipinski definition) is 0. The summed E-state index contributed by atoms with van der Waals surface area (Å²) in [6, 6.07) is 116. The van der Waals surface area contributed by atoms with Crippen molar-refractivity contribution in [1.29, 1.82) is 0 Å². The van der Waals surface area contributed by atoms with Gasteiger partial charge in [0.2, 0.25) is 0 Å². The van der Waals surface area contributed by atoms with E-state index in [1.54, 1.807) is 0 Å². The fourth-order valence-corrected chi connectivity index (χ4v) is 24.9. The zero-order chi connectivity index (χ0) is 83.5. The predicted octanol–water partition coefficient (Wildman–Crippen LogP) is 28.5. The molecule has 2 aliphatic rings. The summed E-state index contributed by atoms with van der Waals surface area (Å²) in [6.45, 7) is 14.9. The molecule has 0 saturated carbocycles. The molecule has 2 aliphatic carbocycles. The molecule has 124 heavy (non-hydrogen) atoms. The first-order valence-electron chi connectivity index (χ1n) is 44.1. The monoisotopic (exact) mass is 2050 g/mol. The van der Waals surface area contributed by atoms with Crippen LogP contribution >= 0.6 is 45.2 Å². The molecule has 0 radical (unpaired) electrons. The van der Waals surface area contributed by atoms with E-state index < -0.39 is 21.6 Å². The molecule has 0 saturated heterocycles. The molecule has 2 unspecified atom stereocenters. The van der Waals surface area contributed by atoms with E-state index in [-0.39, 0.29) is 29.5 Å². The Morgan fingerprint density at radius 3 is 0.863 bits per heavy atom. The van der Waals surface area contributed by atoms with Crippen LogP contribution in [0.1, 0.15) is 99.0 Å². The molecule has 4 nitrogen and oxygen atoms in total. The van der Waals surface area contributed by atoms with Crippen LogP contribution in [-0.2, 0) is 0 Å². The van der Waals surface area contributed by atoms with Crippen LogP contribution in [0.15, 0.2) is 303 Å². The summed E-state index contributed by atoms with van der Waals surface area (Å²) < 4.78 is 28.6. The van der Waals surface area contributed by atoms with Crippen molar-refractivity contribution < 1.29 is 58.8 Å². The summed E-state index contributed by atoms with van der Waals surface area (Å²) in [5, 5.41) is 22.6. The molecule has 608 valence electrons. The van der Waals surface area contributed by atoms with Crippen molar-refractivity contribution in [1.82, 2.24) is 0 Å². The van der Waals surface area contributed by atoms with Gasteiger partial charge in [-0.1, -0.05) is 164 Å². The van der Waals surface area contributed by atoms with Gasteiger partial charge in [0.15, 0.2) is 0 Å². The van der Waals surface area contributed by atoms with E-state index in [1.807, 2.05) is 0 Å². The van der Waals surface area contributed by atoms with Crippen molar-refractivity contribution in [3.63, 3.8) is 0 Å². The first-order valence-corrected chi connectivity index (χ1v) is 51.4. The Morgan fingerprint density at radius 2 is 0.500 bits per heavy atom. The SMILES string of the molecule is CCCOc1ccc(-c2c3c(c(-c4ccc(O[I-]CCC)cc4)c4ccccc24)-c2cccc4c(-c5ccc6c7c(-c8ccc(OCCC)cc8)c8c9ccc(-c%10ccc%11c%12c(cccc%10%12)-c%10c-%11c(-c%11ccccc%11)c(C(I)CC)c(C(I)CC)c%10-c%10ccccc%10)c%10cccc(c8c(-c8ccc(O[I-]CCC)cc8)c7c7cccc5c76)c%109)ccc-3c24)cc1. The maximum atomic E-state index is 6.66. The van der Waals surface area contributed by atoms with Gasteiger partial charge in [0.05, 0.1) is 13.2 Å². The Kier molecular flexibility index (Phi) is 21.1. The van der Waals surface area contributed by atoms with Gasteiger partial charge in [0, 0.05) is 7.85 Å². The standard InChI is InChI=1S/C116H90I4O4/c1-7-63-119-123-75-51-43-70(44-52-75)97-85-29-19-20-30-86(85)98(69-39-47-73(48-40-69)121-65-9-3)108-91-59-55-77(81-31-21-35-87(103(81)91)107(97)108)78-56-60-92-104-82(78)32-22-36-88(104)109-99(72-45-53-76(54-46-72)124-120-64-8-2)110-89-37-23-33-83-79(57-61-93(105(83)89)113(110)100(112(92)109)71-41-49-74(50-42-71)122-66-10-4)80-58-62-94-106-84(80)34-24-38-90(106)111-101(67-25-15-13-16-26-67)115(95(117)11-5)116(96(118)12-6)102(114(94)111)68-27-17-14-18-28-68/h13-62,95-96H,7-12,63-66H2,1-6H3/q-2. The number of hydrogen-bond acceptors (Lipinski definition) is 4. The zero-order valence-corrected chi connectivity index (χ0v) is 78.9. The number of halogens is 4. The topological polar surface area (TPSA) is 36.9 Å². The summed E-state index contributed by atoms with van der Waals surface area (Å²) in [5.41, 5.74) is 33.1. The third-order valence-electron chi connectivity index (χ3n) is 26.0. The Labute approximate surface area is 774 Å². The molecule has 0 N–H and O–H groups in total. The Morgan fingerprint density at radius 1 is 0.218 bits per heavy atom. The van der Waals surface area contributed by atoms with Crippen LogP contribution < -0.4 is 58.8 Å². The number of rotatable bonds is 26. The number of fused-ring (bicyclic) bond motifs is 13. The van der Waals surface area contributed by atoms with E-state index in [0.717, 1.165) is 75.9 Å². The van der Waals surface area contributed by atoms with Gasteiger partial charge in [-0.2, -0.15) is 0 Å². The van der Waals surface area contributed by atoms with Crippen LogP contribution in [0.25, 0.3) is 230 Å². The fraction of sp³-hybridized carbons (Fsp3) is 0.155. The number of benzene rings is 18. The molecular formula is C116H90I4O4-2. The molecule has 0 aromatic heterocycles. The molecule has 2 atom stereocenters. The van der Waals surface area contributed by atoms with Gasteiger partial charge in [-0.15, -0.1) is 0 Å². The van der Waals surface area contributed by atoms with Crippen LogP contribution in [0.4, 0.5) is 0 Å². The van der Waals surface area contributed by atoms with E-state index in [4.69, 9.17) is 15.6 Å². The average Bonchev–Trinajstić information content (AvgIpc) is 1.53. The second-order valence-corrected chi connectivity index (χ2v) is 40.5. The Balaban J connectivity index is 0.790. The van der Waals surface area contributed by atoms with E-state index in [0.29, 0.717) is 13.2 Å². The summed E-state index contributed by atoms with van der Waals surface area (Å²) in [5.74, 6) is 3.64. The Bertz CT molecular complexity index is 7520. The molecular weight excluding hydrogens is 1960 g/mol. The zero-order valence-electron chi connectivity index (χ0n) is 70.2. The minimum absolute atomic E-state index is 0.289. The molecule has 22 rings (SSSR count). The van der Waals surface area contributed by atoms with Gasteiger partial charge < -0.3 is 9.47 Å².